The van der Waals surface area contributed by atoms with Crippen LogP contribution in [-0.2, 0) is 15.0 Å². The largest absolute Gasteiger partial charge is 0.358 e. The van der Waals surface area contributed by atoms with E-state index in [-0.39, 0.29) is 26.3 Å². The Kier molecular flexibility index (Phi) is 9.60. The number of benzene rings is 3. The molecule has 7 heteroatoms. The van der Waals surface area contributed by atoms with E-state index in [0.29, 0.717) is 38.7 Å². The van der Waals surface area contributed by atoms with Gasteiger partial charge in [0, 0.05) is 0 Å². The number of hydrogen-bond acceptors (Lipinski definition) is 4. The summed E-state index contributed by atoms with van der Waals surface area (Å²) in [7, 11) is 3.88. The van der Waals surface area contributed by atoms with Gasteiger partial charge in [-0.1, -0.05) is 13.3 Å². The van der Waals surface area contributed by atoms with Crippen molar-refractivity contribution >= 4 is 28.5 Å². The fraction of sp³-hybridized carbons (Fsp3) is 0.207. The van der Waals surface area contributed by atoms with Gasteiger partial charge in [-0.05, 0) is 0 Å². The molecule has 4 rings (SSSR count). The van der Waals surface area contributed by atoms with Crippen LogP contribution >= 0.6 is 0 Å². The van der Waals surface area contributed by atoms with Gasteiger partial charge in [0.05, 0.1) is 0 Å². The number of nitrogens with one attached hydrogen (secondary N) is 1. The summed E-state index contributed by atoms with van der Waals surface area (Å²) >= 11 is 5.01. The van der Waals surface area contributed by atoms with Gasteiger partial charge in [-0.2, -0.15) is 0 Å². The minimum atomic E-state index is -1.07. The molecule has 2 aliphatic rings. The van der Waals surface area contributed by atoms with Crippen molar-refractivity contribution in [3.63, 3.8) is 0 Å². The summed E-state index contributed by atoms with van der Waals surface area (Å²) in [6.45, 7) is 2.62. The minimum Gasteiger partial charge on any atom is -0.358 e. The van der Waals surface area contributed by atoms with Crippen LogP contribution in [0.3, 0.4) is 0 Å². The molecule has 0 saturated carbocycles. The number of aromatic carboxylic acids is 1. The van der Waals surface area contributed by atoms with Crippen LogP contribution in [0.5, 0.6) is 0 Å². The zero-order valence-corrected chi connectivity index (χ0v) is 22.2. The number of unbranched alkanes of at least 4 members (excludes halogenated alkanes) is 1. The summed E-state index contributed by atoms with van der Waals surface area (Å²) in [6, 6.07) is 15.9. The van der Waals surface area contributed by atoms with Crippen LogP contribution in [0.25, 0.3) is 33.4 Å². The van der Waals surface area contributed by atoms with E-state index < -0.39 is 5.97 Å². The van der Waals surface area contributed by atoms with Crippen LogP contribution in [0, 0.1) is 19.0 Å². The quantitative estimate of drug-likeness (QED) is 0.124. The molecular formula is C29H32N2NiO4-2. The van der Waals surface area contributed by atoms with E-state index in [2.05, 4.69) is 12.2 Å². The number of carboxylic acids is 1. The topological polar surface area (TPSA) is 82.8 Å². The maximum absolute atomic E-state index is 12.8. The summed E-state index contributed by atoms with van der Waals surface area (Å²) in [6.07, 6.45) is 1.84. The van der Waals surface area contributed by atoms with Crippen molar-refractivity contribution in [3.8, 4) is 22.5 Å². The monoisotopic (exact) mass is 530 g/mol. The number of rotatable bonds is 7. The predicted octanol–water partition coefficient (Wildman–Crippen LogP) is 6.48. The van der Waals surface area contributed by atoms with Crippen molar-refractivity contribution in [2.45, 2.75) is 19.8 Å². The molecule has 2 aromatic rings. The van der Waals surface area contributed by atoms with Crippen LogP contribution in [0.4, 0.5) is 5.69 Å². The first-order chi connectivity index (χ1) is 16.3. The molecule has 1 heterocycles. The third-order valence-corrected chi connectivity index (χ3v) is 6.07. The molecule has 1 aliphatic carbocycles. The normalized spacial score (nSPS) is 10.5. The Morgan fingerprint density at radius 3 is 2.42 bits per heavy atom. The number of fused-ring (bicyclic) bond motifs is 2. The summed E-state index contributed by atoms with van der Waals surface area (Å²) < 4.78 is 6.87. The molecule has 36 heavy (non-hydrogen) atoms. The molecule has 1 amide bonds. The first-order valence-corrected chi connectivity index (χ1v) is 11.6. The number of amides is 1. The van der Waals surface area contributed by atoms with Gasteiger partial charge >= 0.3 is 192 Å². The molecule has 1 aliphatic heterocycles. The summed E-state index contributed by atoms with van der Waals surface area (Å²) in [5, 5.41) is 13.7. The fourth-order valence-electron chi connectivity index (χ4n) is 3.97. The second-order valence-corrected chi connectivity index (χ2v) is 8.90. The second kappa shape index (κ2) is 12.0. The number of carboxylic acid groups (broad SMARTS) is 1. The number of carbonyl (C=O) groups is 2. The maximum Gasteiger partial charge on any atom is -0.358 e. The van der Waals surface area contributed by atoms with Crippen molar-refractivity contribution in [1.29, 1.82) is 0 Å². The molecule has 0 saturated heterocycles. The van der Waals surface area contributed by atoms with Crippen molar-refractivity contribution < 1.29 is 34.1 Å². The molecule has 0 radical (unpaired) electrons. The van der Waals surface area contributed by atoms with E-state index in [1.807, 2.05) is 49.3 Å². The molecule has 0 atom stereocenters. The van der Waals surface area contributed by atoms with E-state index in [4.69, 9.17) is 19.4 Å². The van der Waals surface area contributed by atoms with Crippen LogP contribution in [-0.4, -0.2) is 37.6 Å². The van der Waals surface area contributed by atoms with E-state index in [0.717, 1.165) is 29.5 Å². The number of carbonyl (C=O) groups excluding carboxylic acids is 1. The Labute approximate surface area is 220 Å². The first-order valence-electron chi connectivity index (χ1n) is 11.1. The molecule has 2 aromatic carbocycles. The zero-order chi connectivity index (χ0) is 24.4. The van der Waals surface area contributed by atoms with Crippen molar-refractivity contribution in [2.24, 2.45) is 0 Å². The number of anilines is 1. The van der Waals surface area contributed by atoms with Crippen LogP contribution in [0.1, 0.15) is 40.5 Å². The van der Waals surface area contributed by atoms with Gasteiger partial charge in [0.2, 0.25) is 0 Å². The molecule has 194 valence electrons. The Hall–Kier alpha value is -3.44. The Morgan fingerprint density at radius 1 is 1.00 bits per heavy atom. The Balaban J connectivity index is 0.00000228. The zero-order valence-electron chi connectivity index (χ0n) is 21.3. The van der Waals surface area contributed by atoms with E-state index in [1.165, 1.54) is 6.07 Å². The molecule has 0 bridgehead atoms. The van der Waals surface area contributed by atoms with Gasteiger partial charge in [0.1, 0.15) is 0 Å². The Morgan fingerprint density at radius 2 is 1.75 bits per heavy atom. The third-order valence-electron chi connectivity index (χ3n) is 5.76. The summed E-state index contributed by atoms with van der Waals surface area (Å²) in [4.78, 5) is 27.0. The molecule has 0 unspecified atom stereocenters. The van der Waals surface area contributed by atoms with E-state index >= 15 is 0 Å². The van der Waals surface area contributed by atoms with Crippen molar-refractivity contribution in [1.82, 2.24) is 5.32 Å². The van der Waals surface area contributed by atoms with Crippen LogP contribution < -0.4 is 10.2 Å². The van der Waals surface area contributed by atoms with E-state index in [9.17, 15) is 14.7 Å². The van der Waals surface area contributed by atoms with Gasteiger partial charge in [0.15, 0.2) is 0 Å². The van der Waals surface area contributed by atoms with Crippen LogP contribution in [0.2, 0.25) is 0 Å². The smallest absolute Gasteiger partial charge is 0.358 e. The number of nitrogens with zero attached hydrogens (tertiary/aromatic N) is 1. The second-order valence-electron chi connectivity index (χ2n) is 8.33. The molecule has 2 N–H and O–H groups in total. The van der Waals surface area contributed by atoms with Crippen molar-refractivity contribution in [2.75, 3.05) is 25.5 Å². The summed E-state index contributed by atoms with van der Waals surface area (Å²) in [5.74, 6) is -0.733. The maximum atomic E-state index is 12.8. The third kappa shape index (κ3) is 5.68. The van der Waals surface area contributed by atoms with Gasteiger partial charge < -0.3 is 14.9 Å². The average molecular weight is 531 g/mol. The Bertz CT molecular complexity index is 1420. The van der Waals surface area contributed by atoms with E-state index in [1.54, 1.807) is 18.2 Å². The standard InChI is InChI=1S/C27H26N2O4.2CH3.Ni/c1-4-5-14-28-26(30)17-10-12-19(27(31)32)22(15-17)25-20-8-6-7-9-23(20)33-24-16-18(29(2)3)11-13-21(24)25;;;/h6,8-13,15-16H,4-5,14H2,1-3H3,(H,28,30)(H,31,32);2*1H3;/q;2*-1;. The fourth-order valence-corrected chi connectivity index (χ4v) is 4.18. The van der Waals surface area contributed by atoms with Crippen molar-refractivity contribution in [3.05, 3.63) is 84.7 Å². The number of hydrogen-bond donors (Lipinski definition) is 2. The van der Waals surface area contributed by atoms with Crippen LogP contribution in [0.15, 0.2) is 59.0 Å². The SMILES string of the molecule is CCCCNC(=O)c1ccc(C(=O)O)c(-c2c3cc[c](=[Ni])cc-3oc3cc(N(C)C)ccc23)c1.[CH3-].[CH3-]. The summed E-state index contributed by atoms with van der Waals surface area (Å²) in [5.41, 5.74) is 3.96. The minimum absolute atomic E-state index is 0. The van der Waals surface area contributed by atoms with Gasteiger partial charge in [0.25, 0.3) is 0 Å². The molecule has 0 aromatic heterocycles. The molecule has 0 spiro atoms. The first kappa shape index (κ1) is 28.8. The predicted molar refractivity (Wildman–Crippen MR) is 143 cm³/mol. The van der Waals surface area contributed by atoms with Gasteiger partial charge in [-0.3, -0.25) is 0 Å². The molecule has 0 fully saturated rings. The van der Waals surface area contributed by atoms with Gasteiger partial charge in [-0.25, -0.2) is 0 Å². The molecule has 6 nitrogen and oxygen atoms in total. The van der Waals surface area contributed by atoms with Gasteiger partial charge in [-0.15, -0.1) is 0 Å². The molecular weight excluding hydrogens is 499 g/mol. The average Bonchev–Trinajstić information content (AvgIpc) is 2.81.